The molecule has 21 heavy (non-hydrogen) atoms. The summed E-state index contributed by atoms with van der Waals surface area (Å²) in [6.07, 6.45) is 4.03. The van der Waals surface area contributed by atoms with Crippen LogP contribution in [0.2, 0.25) is 0 Å². The number of nitrogens with zero attached hydrogens (tertiary/aromatic N) is 3. The van der Waals surface area contributed by atoms with Gasteiger partial charge in [-0.3, -0.25) is 0 Å². The highest BCUT2D eigenvalue weighted by Crippen LogP contribution is 2.12. The Balaban J connectivity index is 1.84. The predicted molar refractivity (Wildman–Crippen MR) is 79.2 cm³/mol. The van der Waals surface area contributed by atoms with Gasteiger partial charge >= 0.3 is 6.03 Å². The summed E-state index contributed by atoms with van der Waals surface area (Å²) in [5.41, 5.74) is 1.57. The smallest absolute Gasteiger partial charge is 0.319 e. The summed E-state index contributed by atoms with van der Waals surface area (Å²) < 4.78 is 1.64. The van der Waals surface area contributed by atoms with E-state index in [0.29, 0.717) is 18.7 Å². The molecular formula is C14H19N5O2. The highest BCUT2D eigenvalue weighted by atomic mass is 16.3. The molecular weight excluding hydrogens is 270 g/mol. The van der Waals surface area contributed by atoms with E-state index in [4.69, 9.17) is 5.11 Å². The van der Waals surface area contributed by atoms with Gasteiger partial charge in [-0.05, 0) is 36.6 Å². The van der Waals surface area contributed by atoms with Crippen LogP contribution in [-0.2, 0) is 0 Å². The number of aliphatic hydroxyl groups excluding tert-OH is 1. The number of anilines is 1. The van der Waals surface area contributed by atoms with Crippen molar-refractivity contribution in [2.75, 3.05) is 18.5 Å². The van der Waals surface area contributed by atoms with Crippen LogP contribution >= 0.6 is 0 Å². The van der Waals surface area contributed by atoms with E-state index < -0.39 is 0 Å². The van der Waals surface area contributed by atoms with Gasteiger partial charge in [-0.2, -0.15) is 0 Å². The lowest BCUT2D eigenvalue weighted by atomic mass is 10.1. The van der Waals surface area contributed by atoms with Crippen molar-refractivity contribution in [2.45, 2.75) is 13.3 Å². The highest BCUT2D eigenvalue weighted by molar-refractivity contribution is 5.89. The lowest BCUT2D eigenvalue weighted by molar-refractivity contribution is 0.243. The summed E-state index contributed by atoms with van der Waals surface area (Å²) >= 11 is 0. The third-order valence-electron chi connectivity index (χ3n) is 3.05. The molecule has 1 heterocycles. The average Bonchev–Trinajstić information content (AvgIpc) is 3.00. The molecule has 2 aromatic rings. The van der Waals surface area contributed by atoms with Crippen molar-refractivity contribution in [2.24, 2.45) is 5.92 Å². The Hall–Kier alpha value is -2.41. The quantitative estimate of drug-likeness (QED) is 0.749. The number of rotatable bonds is 6. The SMILES string of the molecule is CC(CCO)CNC(=O)Nc1ccc(-n2ccnn2)cc1. The number of hydrogen-bond acceptors (Lipinski definition) is 4. The second kappa shape index (κ2) is 7.39. The molecule has 0 spiro atoms. The van der Waals surface area contributed by atoms with E-state index in [-0.39, 0.29) is 18.6 Å². The average molecular weight is 289 g/mol. The minimum absolute atomic E-state index is 0.133. The lowest BCUT2D eigenvalue weighted by Crippen LogP contribution is -2.32. The Morgan fingerprint density at radius 1 is 1.38 bits per heavy atom. The summed E-state index contributed by atoms with van der Waals surface area (Å²) in [5.74, 6) is 0.246. The molecule has 0 fully saturated rings. The normalized spacial score (nSPS) is 11.9. The molecule has 1 aromatic carbocycles. The number of carbonyl (C=O) groups excluding carboxylic acids is 1. The maximum Gasteiger partial charge on any atom is 0.319 e. The van der Waals surface area contributed by atoms with Crippen molar-refractivity contribution in [1.29, 1.82) is 0 Å². The molecule has 2 rings (SSSR count). The largest absolute Gasteiger partial charge is 0.396 e. The van der Waals surface area contributed by atoms with E-state index in [0.717, 1.165) is 5.69 Å². The predicted octanol–water partition coefficient (Wildman–Crippen LogP) is 1.41. The third-order valence-corrected chi connectivity index (χ3v) is 3.05. The topological polar surface area (TPSA) is 92.1 Å². The summed E-state index contributed by atoms with van der Waals surface area (Å²) in [4.78, 5) is 11.7. The fourth-order valence-electron chi connectivity index (χ4n) is 1.81. The van der Waals surface area contributed by atoms with Crippen LogP contribution in [0.4, 0.5) is 10.5 Å². The van der Waals surface area contributed by atoms with Gasteiger partial charge in [0.05, 0.1) is 18.1 Å². The molecule has 7 nitrogen and oxygen atoms in total. The summed E-state index contributed by atoms with van der Waals surface area (Å²) in [6, 6.07) is 7.03. The number of nitrogens with one attached hydrogen (secondary N) is 2. The Bertz CT molecular complexity index is 553. The lowest BCUT2D eigenvalue weighted by Gasteiger charge is -2.12. The molecule has 112 valence electrons. The van der Waals surface area contributed by atoms with Crippen molar-refractivity contribution < 1.29 is 9.90 Å². The standard InChI is InChI=1S/C14H19N5O2/c1-11(6-9-20)10-15-14(21)17-12-2-4-13(5-3-12)19-8-7-16-18-19/h2-5,7-8,11,20H,6,9-10H2,1H3,(H2,15,17,21). The van der Waals surface area contributed by atoms with Crippen LogP contribution in [0.3, 0.4) is 0 Å². The van der Waals surface area contributed by atoms with Gasteiger partial charge in [-0.15, -0.1) is 5.10 Å². The van der Waals surface area contributed by atoms with Gasteiger partial charge < -0.3 is 15.7 Å². The van der Waals surface area contributed by atoms with E-state index in [1.165, 1.54) is 0 Å². The van der Waals surface area contributed by atoms with Gasteiger partial charge in [-0.25, -0.2) is 9.48 Å². The van der Waals surface area contributed by atoms with Crippen LogP contribution in [0.25, 0.3) is 5.69 Å². The van der Waals surface area contributed by atoms with Gasteiger partial charge in [-0.1, -0.05) is 12.1 Å². The number of amides is 2. The third kappa shape index (κ3) is 4.57. The summed E-state index contributed by atoms with van der Waals surface area (Å²) in [6.45, 7) is 2.64. The maximum atomic E-state index is 11.7. The number of carbonyl (C=O) groups is 1. The number of aromatic nitrogens is 3. The zero-order valence-electron chi connectivity index (χ0n) is 11.9. The van der Waals surface area contributed by atoms with Crippen LogP contribution in [0.15, 0.2) is 36.7 Å². The molecule has 7 heteroatoms. The molecule has 0 saturated heterocycles. The molecule has 0 aliphatic rings. The molecule has 1 aromatic heterocycles. The highest BCUT2D eigenvalue weighted by Gasteiger charge is 2.05. The first-order chi connectivity index (χ1) is 10.2. The van der Waals surface area contributed by atoms with Crippen LogP contribution < -0.4 is 10.6 Å². The van der Waals surface area contributed by atoms with Gasteiger partial charge in [0.1, 0.15) is 0 Å². The minimum Gasteiger partial charge on any atom is -0.396 e. The van der Waals surface area contributed by atoms with E-state index >= 15 is 0 Å². The first-order valence-corrected chi connectivity index (χ1v) is 6.81. The van der Waals surface area contributed by atoms with E-state index in [1.807, 2.05) is 19.1 Å². The van der Waals surface area contributed by atoms with Crippen LogP contribution in [0.5, 0.6) is 0 Å². The maximum absolute atomic E-state index is 11.7. The van der Waals surface area contributed by atoms with Crippen molar-refractivity contribution in [3.05, 3.63) is 36.7 Å². The molecule has 0 saturated carbocycles. The van der Waals surface area contributed by atoms with Gasteiger partial charge in [0.2, 0.25) is 0 Å². The Morgan fingerprint density at radius 3 is 2.76 bits per heavy atom. The fraction of sp³-hybridized carbons (Fsp3) is 0.357. The van der Waals surface area contributed by atoms with E-state index in [9.17, 15) is 4.79 Å². The Kier molecular flexibility index (Phi) is 5.28. The summed E-state index contributed by atoms with van der Waals surface area (Å²) in [5, 5.41) is 22.0. The van der Waals surface area contributed by atoms with Crippen molar-refractivity contribution in [3.8, 4) is 5.69 Å². The molecule has 0 bridgehead atoms. The van der Waals surface area contributed by atoms with Gasteiger partial charge in [0, 0.05) is 18.8 Å². The Labute approximate surface area is 123 Å². The number of hydrogen-bond donors (Lipinski definition) is 3. The molecule has 2 amide bonds. The molecule has 1 unspecified atom stereocenters. The molecule has 1 atom stereocenters. The number of urea groups is 1. The second-order valence-electron chi connectivity index (χ2n) is 4.85. The van der Waals surface area contributed by atoms with E-state index in [1.54, 1.807) is 29.2 Å². The van der Waals surface area contributed by atoms with Crippen molar-refractivity contribution >= 4 is 11.7 Å². The van der Waals surface area contributed by atoms with Gasteiger partial charge in [0.25, 0.3) is 0 Å². The zero-order chi connectivity index (χ0) is 15.1. The fourth-order valence-corrected chi connectivity index (χ4v) is 1.81. The van der Waals surface area contributed by atoms with Crippen LogP contribution in [-0.4, -0.2) is 39.3 Å². The monoisotopic (exact) mass is 289 g/mol. The minimum atomic E-state index is -0.256. The second-order valence-corrected chi connectivity index (χ2v) is 4.85. The van der Waals surface area contributed by atoms with Crippen LogP contribution in [0, 0.1) is 5.92 Å². The molecule has 3 N–H and O–H groups in total. The van der Waals surface area contributed by atoms with Crippen LogP contribution in [0.1, 0.15) is 13.3 Å². The molecule has 0 aliphatic heterocycles. The zero-order valence-corrected chi connectivity index (χ0v) is 11.9. The number of aliphatic hydroxyl groups is 1. The van der Waals surface area contributed by atoms with Crippen molar-refractivity contribution in [1.82, 2.24) is 20.3 Å². The Morgan fingerprint density at radius 2 is 2.14 bits per heavy atom. The first kappa shape index (κ1) is 15.0. The number of benzene rings is 1. The van der Waals surface area contributed by atoms with E-state index in [2.05, 4.69) is 20.9 Å². The van der Waals surface area contributed by atoms with Gasteiger partial charge in [0.15, 0.2) is 0 Å². The molecule has 0 radical (unpaired) electrons. The van der Waals surface area contributed by atoms with Crippen molar-refractivity contribution in [3.63, 3.8) is 0 Å². The molecule has 0 aliphatic carbocycles. The summed E-state index contributed by atoms with van der Waals surface area (Å²) in [7, 11) is 0. The first-order valence-electron chi connectivity index (χ1n) is 6.81.